The summed E-state index contributed by atoms with van der Waals surface area (Å²) in [6, 6.07) is 112. The van der Waals surface area contributed by atoms with Crippen LogP contribution in [0.5, 0.6) is 0 Å². The van der Waals surface area contributed by atoms with Gasteiger partial charge in [0.1, 0.15) is 0 Å². The van der Waals surface area contributed by atoms with Gasteiger partial charge in [-0.25, -0.2) is 0 Å². The first kappa shape index (κ1) is 43.7. The minimum Gasteiger partial charge on any atom is -0.311 e. The second-order valence-corrected chi connectivity index (χ2v) is 22.6. The summed E-state index contributed by atoms with van der Waals surface area (Å²) in [7, 11) is -2.83. The average molecular weight is 947 g/mol. The van der Waals surface area contributed by atoms with E-state index in [1.807, 2.05) is 0 Å². The largest absolute Gasteiger partial charge is 0.311 e. The maximum Gasteiger partial charge on any atom is 0.179 e. The van der Waals surface area contributed by atoms with Crippen LogP contribution in [0.3, 0.4) is 0 Å². The number of aromatic nitrogens is 1. The number of fused-ring (bicyclic) bond motifs is 5. The predicted octanol–water partition coefficient (Wildman–Crippen LogP) is 15.8. The molecule has 0 radical (unpaired) electrons. The van der Waals surface area contributed by atoms with Gasteiger partial charge in [-0.15, -0.1) is 0 Å². The summed E-state index contributed by atoms with van der Waals surface area (Å²) >= 11 is 0. The minimum atomic E-state index is -2.83. The quantitative estimate of drug-likeness (QED) is 0.0926. The third kappa shape index (κ3) is 7.75. The summed E-state index contributed by atoms with van der Waals surface area (Å²) in [6.07, 6.45) is 0. The molecule has 0 aliphatic carbocycles. The molecule has 0 aliphatic rings. The van der Waals surface area contributed by atoms with E-state index in [2.05, 4.69) is 313 Å². The lowest BCUT2D eigenvalue weighted by Crippen LogP contribution is -2.74. The van der Waals surface area contributed by atoms with Crippen LogP contribution in [-0.4, -0.2) is 12.6 Å². The molecule has 0 saturated heterocycles. The molecule has 1 heterocycles. The molecule has 0 atom stereocenters. The molecule has 13 aromatic rings. The van der Waals surface area contributed by atoms with E-state index in [-0.39, 0.29) is 0 Å². The monoisotopic (exact) mass is 946 g/mol. The highest BCUT2D eigenvalue weighted by atomic mass is 28.3. The highest BCUT2D eigenvalue weighted by Gasteiger charge is 2.41. The lowest BCUT2D eigenvalue weighted by Gasteiger charge is -2.35. The van der Waals surface area contributed by atoms with Crippen molar-refractivity contribution in [3.63, 3.8) is 0 Å². The second kappa shape index (κ2) is 18.8. The van der Waals surface area contributed by atoms with E-state index in [0.29, 0.717) is 0 Å². The summed E-state index contributed by atoms with van der Waals surface area (Å²) < 4.78 is 2.45. The minimum absolute atomic E-state index is 1.08. The highest BCUT2D eigenvalue weighted by molar-refractivity contribution is 7.19. The third-order valence-electron chi connectivity index (χ3n) is 14.7. The Labute approximate surface area is 428 Å². The van der Waals surface area contributed by atoms with Gasteiger partial charge >= 0.3 is 0 Å². The van der Waals surface area contributed by atoms with Gasteiger partial charge in [0.05, 0.1) is 11.0 Å². The molecule has 0 spiro atoms. The first-order valence-corrected chi connectivity index (χ1v) is 27.2. The van der Waals surface area contributed by atoms with Crippen LogP contribution < -0.4 is 25.6 Å². The van der Waals surface area contributed by atoms with Crippen LogP contribution in [-0.2, 0) is 0 Å². The molecule has 0 saturated carbocycles. The molecule has 0 amide bonds. The number of nitrogens with zero attached hydrogens (tertiary/aromatic N) is 2. The fourth-order valence-electron chi connectivity index (χ4n) is 11.4. The first-order valence-electron chi connectivity index (χ1n) is 25.2. The van der Waals surface area contributed by atoms with E-state index in [1.54, 1.807) is 0 Å². The van der Waals surface area contributed by atoms with Gasteiger partial charge < -0.3 is 9.47 Å². The second-order valence-electron chi connectivity index (χ2n) is 18.8. The third-order valence-corrected chi connectivity index (χ3v) is 19.5. The Morgan fingerprint density at radius 2 is 0.753 bits per heavy atom. The van der Waals surface area contributed by atoms with Gasteiger partial charge in [-0.2, -0.15) is 0 Å². The van der Waals surface area contributed by atoms with E-state index in [0.717, 1.165) is 28.3 Å². The molecule has 0 bridgehead atoms. The van der Waals surface area contributed by atoms with Gasteiger partial charge in [0.2, 0.25) is 0 Å². The Morgan fingerprint density at radius 1 is 0.274 bits per heavy atom. The van der Waals surface area contributed by atoms with Crippen LogP contribution >= 0.6 is 0 Å². The van der Waals surface area contributed by atoms with Gasteiger partial charge in [0, 0.05) is 33.5 Å². The molecular weight excluding hydrogens is 897 g/mol. The van der Waals surface area contributed by atoms with Gasteiger partial charge in [-0.1, -0.05) is 243 Å². The molecule has 0 fully saturated rings. The highest BCUT2D eigenvalue weighted by Crippen LogP contribution is 2.42. The molecule has 12 aromatic carbocycles. The van der Waals surface area contributed by atoms with E-state index in [9.17, 15) is 0 Å². The Hall–Kier alpha value is -9.28. The molecule has 0 aliphatic heterocycles. The van der Waals surface area contributed by atoms with Crippen LogP contribution in [0.25, 0.3) is 71.6 Å². The summed E-state index contributed by atoms with van der Waals surface area (Å²) in [5, 5.41) is 10.4. The molecule has 3 heteroatoms. The van der Waals surface area contributed by atoms with Crippen molar-refractivity contribution in [2.75, 3.05) is 4.90 Å². The molecule has 0 unspecified atom stereocenters. The van der Waals surface area contributed by atoms with E-state index < -0.39 is 8.07 Å². The van der Waals surface area contributed by atoms with Gasteiger partial charge in [0.25, 0.3) is 0 Å². The number of hydrogen-bond donors (Lipinski definition) is 0. The molecule has 2 nitrogen and oxygen atoms in total. The number of hydrogen-bond acceptors (Lipinski definition) is 1. The van der Waals surface area contributed by atoms with Crippen molar-refractivity contribution in [2.45, 2.75) is 0 Å². The molecule has 0 N–H and O–H groups in total. The average Bonchev–Trinajstić information content (AvgIpc) is 3.82. The Bertz CT molecular complexity index is 3940. The van der Waals surface area contributed by atoms with Crippen LogP contribution in [0.4, 0.5) is 17.1 Å². The maximum atomic E-state index is 2.46. The molecule has 73 heavy (non-hydrogen) atoms. The smallest absolute Gasteiger partial charge is 0.179 e. The summed E-state index contributed by atoms with van der Waals surface area (Å²) in [4.78, 5) is 2.43. The maximum absolute atomic E-state index is 2.83. The summed E-state index contributed by atoms with van der Waals surface area (Å²) in [6.45, 7) is 0. The van der Waals surface area contributed by atoms with Crippen LogP contribution in [0.15, 0.2) is 303 Å². The molecule has 13 rings (SSSR count). The zero-order valence-corrected chi connectivity index (χ0v) is 41.3. The summed E-state index contributed by atoms with van der Waals surface area (Å²) in [5.41, 5.74) is 13.8. The number of para-hydroxylation sites is 1. The molecular formula is C70H50N2Si. The standard InChI is InChI=1S/C70H50N2Si/c1-6-21-51(22-7-1)52-37-42-56(43-38-52)71(58-26-20-33-63(49-58)73(60-27-10-3-11-28-60,61-29-12-4-13-30-61)62-31-14-5-15-32-62)57-44-39-55(40-45-57)67-50-59(46-47-64(67)53-23-8-2-9-24-53)72-68-36-19-18-35-66(68)70-65-34-17-16-25-54(65)41-48-69(70)72/h1-50H. The van der Waals surface area contributed by atoms with Crippen molar-refractivity contribution in [2.24, 2.45) is 0 Å². The van der Waals surface area contributed by atoms with E-state index in [1.165, 1.54) is 81.1 Å². The van der Waals surface area contributed by atoms with Crippen molar-refractivity contribution < 1.29 is 0 Å². The van der Waals surface area contributed by atoms with E-state index in [4.69, 9.17) is 0 Å². The molecule has 344 valence electrons. The van der Waals surface area contributed by atoms with Crippen LogP contribution in [0.2, 0.25) is 0 Å². The van der Waals surface area contributed by atoms with Crippen LogP contribution in [0, 0.1) is 0 Å². The van der Waals surface area contributed by atoms with Crippen molar-refractivity contribution in [1.29, 1.82) is 0 Å². The van der Waals surface area contributed by atoms with Gasteiger partial charge in [-0.3, -0.25) is 0 Å². The van der Waals surface area contributed by atoms with Crippen molar-refractivity contribution in [1.82, 2.24) is 4.57 Å². The number of anilines is 3. The van der Waals surface area contributed by atoms with Crippen molar-refractivity contribution in [3.8, 4) is 39.1 Å². The first-order chi connectivity index (χ1) is 36.2. The van der Waals surface area contributed by atoms with Crippen molar-refractivity contribution >= 4 is 78.5 Å². The van der Waals surface area contributed by atoms with E-state index >= 15 is 0 Å². The van der Waals surface area contributed by atoms with Crippen LogP contribution in [0.1, 0.15) is 0 Å². The topological polar surface area (TPSA) is 8.17 Å². The zero-order valence-electron chi connectivity index (χ0n) is 40.3. The zero-order chi connectivity index (χ0) is 48.6. The Balaban J connectivity index is 0.986. The fraction of sp³-hybridized carbons (Fsp3) is 0. The lowest BCUT2D eigenvalue weighted by molar-refractivity contribution is 1.18. The Kier molecular flexibility index (Phi) is 11.3. The fourth-order valence-corrected chi connectivity index (χ4v) is 16.2. The predicted molar refractivity (Wildman–Crippen MR) is 313 cm³/mol. The Morgan fingerprint density at radius 3 is 1.37 bits per heavy atom. The molecule has 1 aromatic heterocycles. The number of benzene rings is 12. The van der Waals surface area contributed by atoms with Gasteiger partial charge in [-0.05, 0) is 126 Å². The van der Waals surface area contributed by atoms with Gasteiger partial charge in [0.15, 0.2) is 8.07 Å². The number of rotatable bonds is 11. The summed E-state index contributed by atoms with van der Waals surface area (Å²) in [5.74, 6) is 0. The normalized spacial score (nSPS) is 11.6. The SMILES string of the molecule is c1ccc(-c2ccc(N(c3ccc(-c4cc(-n5c6ccccc6c6c7ccccc7ccc65)ccc4-c4ccccc4)cc3)c3cccc([Si](c4ccccc4)(c4ccccc4)c4ccccc4)c3)cc2)cc1. The van der Waals surface area contributed by atoms with Crippen molar-refractivity contribution in [3.05, 3.63) is 303 Å². The lowest BCUT2D eigenvalue weighted by atomic mass is 9.93.